The number of hydrogen-bond donors (Lipinski definition) is 2. The number of nitrogens with one attached hydrogen (secondary N) is 2. The number of ether oxygens (including phenoxy) is 1. The van der Waals surface area contributed by atoms with Gasteiger partial charge in [0.15, 0.2) is 0 Å². The molecule has 8 heteroatoms. The summed E-state index contributed by atoms with van der Waals surface area (Å²) >= 11 is 0. The van der Waals surface area contributed by atoms with Gasteiger partial charge < -0.3 is 19.8 Å². The second-order valence-corrected chi connectivity index (χ2v) is 4.25. The van der Waals surface area contributed by atoms with Crippen LogP contribution in [0.3, 0.4) is 0 Å². The van der Waals surface area contributed by atoms with Crippen molar-refractivity contribution in [3.05, 3.63) is 30.2 Å². The van der Waals surface area contributed by atoms with Gasteiger partial charge in [-0.2, -0.15) is 8.78 Å². The summed E-state index contributed by atoms with van der Waals surface area (Å²) < 4.78 is 33.8. The van der Waals surface area contributed by atoms with Crippen LogP contribution in [0.2, 0.25) is 0 Å². The van der Waals surface area contributed by atoms with Crippen LogP contribution in [-0.2, 0) is 0 Å². The Bertz CT molecular complexity index is 560. The highest BCUT2D eigenvalue weighted by Crippen LogP contribution is 2.21. The smallest absolute Gasteiger partial charge is 0.387 e. The van der Waals surface area contributed by atoms with Gasteiger partial charge in [-0.25, -0.2) is 0 Å². The summed E-state index contributed by atoms with van der Waals surface area (Å²) in [5.74, 6) is 0.555. The summed E-state index contributed by atoms with van der Waals surface area (Å²) in [6, 6.07) is 6.20. The molecule has 0 aliphatic heterocycles. The van der Waals surface area contributed by atoms with Crippen LogP contribution in [0.15, 0.2) is 28.7 Å². The van der Waals surface area contributed by atoms with Crippen molar-refractivity contribution >= 4 is 11.7 Å². The SMILES string of the molecule is CCNC(C)c1nnc(Nc2ccc(OC(F)F)cc2)o1. The van der Waals surface area contributed by atoms with Crippen LogP contribution >= 0.6 is 0 Å². The molecule has 1 aromatic heterocycles. The van der Waals surface area contributed by atoms with Crippen LogP contribution in [0.1, 0.15) is 25.8 Å². The van der Waals surface area contributed by atoms with Crippen molar-refractivity contribution in [3.63, 3.8) is 0 Å². The minimum Gasteiger partial charge on any atom is -0.435 e. The quantitative estimate of drug-likeness (QED) is 0.818. The Morgan fingerprint density at radius 3 is 2.57 bits per heavy atom. The van der Waals surface area contributed by atoms with E-state index in [0.717, 1.165) is 6.54 Å². The lowest BCUT2D eigenvalue weighted by Gasteiger charge is -2.06. The van der Waals surface area contributed by atoms with E-state index in [0.29, 0.717) is 11.6 Å². The molecule has 1 heterocycles. The Morgan fingerprint density at radius 1 is 1.24 bits per heavy atom. The van der Waals surface area contributed by atoms with E-state index in [9.17, 15) is 8.78 Å². The number of nitrogens with zero attached hydrogens (tertiary/aromatic N) is 2. The average molecular weight is 298 g/mol. The zero-order valence-electron chi connectivity index (χ0n) is 11.6. The lowest BCUT2D eigenvalue weighted by Crippen LogP contribution is -2.17. The number of anilines is 2. The molecule has 0 radical (unpaired) electrons. The molecule has 0 saturated heterocycles. The maximum atomic E-state index is 12.0. The first-order valence-corrected chi connectivity index (χ1v) is 6.47. The lowest BCUT2D eigenvalue weighted by molar-refractivity contribution is -0.0498. The third-order valence-electron chi connectivity index (χ3n) is 2.65. The number of rotatable bonds is 7. The van der Waals surface area contributed by atoms with E-state index >= 15 is 0 Å². The van der Waals surface area contributed by atoms with Gasteiger partial charge in [-0.05, 0) is 37.7 Å². The van der Waals surface area contributed by atoms with Gasteiger partial charge >= 0.3 is 12.6 Å². The summed E-state index contributed by atoms with van der Waals surface area (Å²) in [5, 5.41) is 13.8. The van der Waals surface area contributed by atoms with Gasteiger partial charge in [0.2, 0.25) is 5.89 Å². The second-order valence-electron chi connectivity index (χ2n) is 4.25. The molecule has 1 aromatic carbocycles. The van der Waals surface area contributed by atoms with Gasteiger partial charge in [-0.1, -0.05) is 12.0 Å². The summed E-state index contributed by atoms with van der Waals surface area (Å²) in [6.07, 6.45) is 0. The highest BCUT2D eigenvalue weighted by molar-refractivity contribution is 5.53. The molecule has 0 bridgehead atoms. The van der Waals surface area contributed by atoms with E-state index in [4.69, 9.17) is 4.42 Å². The molecular weight excluding hydrogens is 282 g/mol. The normalized spacial score (nSPS) is 12.4. The van der Waals surface area contributed by atoms with E-state index in [-0.39, 0.29) is 17.8 Å². The van der Waals surface area contributed by atoms with Gasteiger partial charge in [0.05, 0.1) is 6.04 Å². The van der Waals surface area contributed by atoms with Crippen molar-refractivity contribution in [2.24, 2.45) is 0 Å². The Balaban J connectivity index is 1.98. The fourth-order valence-corrected chi connectivity index (χ4v) is 1.70. The summed E-state index contributed by atoms with van der Waals surface area (Å²) in [4.78, 5) is 0. The third-order valence-corrected chi connectivity index (χ3v) is 2.65. The highest BCUT2D eigenvalue weighted by Gasteiger charge is 2.12. The number of hydrogen-bond acceptors (Lipinski definition) is 6. The molecule has 114 valence electrons. The Kier molecular flexibility index (Phi) is 5.04. The van der Waals surface area contributed by atoms with Crippen molar-refractivity contribution in [1.29, 1.82) is 0 Å². The molecular formula is C13H16F2N4O2. The molecule has 1 atom stereocenters. The van der Waals surface area contributed by atoms with E-state index in [2.05, 4.69) is 25.6 Å². The Morgan fingerprint density at radius 2 is 1.95 bits per heavy atom. The van der Waals surface area contributed by atoms with Gasteiger partial charge in [-0.15, -0.1) is 5.10 Å². The standard InChI is InChI=1S/C13H16F2N4O2/c1-3-16-8(2)11-18-19-13(21-11)17-9-4-6-10(7-5-9)20-12(14)15/h4-8,12,16H,3H2,1-2H3,(H,17,19). The minimum absolute atomic E-state index is 0.0418. The zero-order valence-corrected chi connectivity index (χ0v) is 11.6. The number of halogens is 2. The summed E-state index contributed by atoms with van der Waals surface area (Å²) in [5.41, 5.74) is 0.628. The molecule has 21 heavy (non-hydrogen) atoms. The zero-order chi connectivity index (χ0) is 15.2. The Labute approximate surface area is 120 Å². The molecule has 2 N–H and O–H groups in total. The topological polar surface area (TPSA) is 72.2 Å². The molecule has 0 aliphatic rings. The highest BCUT2D eigenvalue weighted by atomic mass is 19.3. The number of alkyl halides is 2. The van der Waals surface area contributed by atoms with Crippen LogP contribution in [0.5, 0.6) is 5.75 Å². The minimum atomic E-state index is -2.84. The molecule has 2 rings (SSSR count). The molecule has 2 aromatic rings. The molecule has 0 fully saturated rings. The molecule has 1 unspecified atom stereocenters. The van der Waals surface area contributed by atoms with Crippen LogP contribution in [0.4, 0.5) is 20.5 Å². The number of benzene rings is 1. The lowest BCUT2D eigenvalue weighted by atomic mass is 10.3. The predicted octanol–water partition coefficient (Wildman–Crippen LogP) is 3.09. The predicted molar refractivity (Wildman–Crippen MR) is 72.7 cm³/mol. The first kappa shape index (κ1) is 15.2. The molecule has 6 nitrogen and oxygen atoms in total. The van der Waals surface area contributed by atoms with Crippen molar-refractivity contribution in [2.45, 2.75) is 26.5 Å². The van der Waals surface area contributed by atoms with E-state index in [1.165, 1.54) is 12.1 Å². The summed E-state index contributed by atoms with van der Waals surface area (Å²) in [6.45, 7) is 1.85. The first-order valence-electron chi connectivity index (χ1n) is 6.47. The monoisotopic (exact) mass is 298 g/mol. The Hall–Kier alpha value is -2.22. The molecule has 0 saturated carbocycles. The van der Waals surface area contributed by atoms with Gasteiger partial charge in [0.25, 0.3) is 0 Å². The van der Waals surface area contributed by atoms with Crippen LogP contribution in [0, 0.1) is 0 Å². The van der Waals surface area contributed by atoms with Crippen LogP contribution in [-0.4, -0.2) is 23.4 Å². The van der Waals surface area contributed by atoms with Crippen molar-refractivity contribution in [3.8, 4) is 5.75 Å². The van der Waals surface area contributed by atoms with E-state index in [1.54, 1.807) is 12.1 Å². The largest absolute Gasteiger partial charge is 0.435 e. The molecule has 0 spiro atoms. The van der Waals surface area contributed by atoms with Crippen LogP contribution in [0.25, 0.3) is 0 Å². The van der Waals surface area contributed by atoms with Crippen molar-refractivity contribution in [2.75, 3.05) is 11.9 Å². The van der Waals surface area contributed by atoms with Crippen LogP contribution < -0.4 is 15.4 Å². The van der Waals surface area contributed by atoms with Gasteiger partial charge in [0, 0.05) is 5.69 Å². The average Bonchev–Trinajstić information content (AvgIpc) is 2.89. The van der Waals surface area contributed by atoms with Gasteiger partial charge in [-0.3, -0.25) is 0 Å². The fraction of sp³-hybridized carbons (Fsp3) is 0.385. The number of aromatic nitrogens is 2. The summed E-state index contributed by atoms with van der Waals surface area (Å²) in [7, 11) is 0. The first-order chi connectivity index (χ1) is 10.1. The maximum Gasteiger partial charge on any atom is 0.387 e. The fourth-order valence-electron chi connectivity index (χ4n) is 1.70. The van der Waals surface area contributed by atoms with Crippen molar-refractivity contribution in [1.82, 2.24) is 15.5 Å². The maximum absolute atomic E-state index is 12.0. The second kappa shape index (κ2) is 6.98. The van der Waals surface area contributed by atoms with Gasteiger partial charge in [0.1, 0.15) is 5.75 Å². The molecule has 0 aliphatic carbocycles. The third kappa shape index (κ3) is 4.38. The van der Waals surface area contributed by atoms with E-state index in [1.807, 2.05) is 13.8 Å². The van der Waals surface area contributed by atoms with Crippen molar-refractivity contribution < 1.29 is 17.9 Å². The van der Waals surface area contributed by atoms with E-state index < -0.39 is 6.61 Å². The molecule has 0 amide bonds.